The lowest BCUT2D eigenvalue weighted by Crippen LogP contribution is -2.06. The molecule has 0 atom stereocenters. The Morgan fingerprint density at radius 3 is 2.90 bits per heavy atom. The Balaban J connectivity index is 2.09. The molecule has 1 aromatic heterocycles. The maximum absolute atomic E-state index is 13.3. The van der Waals surface area contributed by atoms with Gasteiger partial charge in [-0.2, -0.15) is 0 Å². The molecule has 1 heterocycles. The maximum Gasteiger partial charge on any atom is 0.161 e. The Kier molecular flexibility index (Phi) is 3.70. The van der Waals surface area contributed by atoms with Gasteiger partial charge in [0, 0.05) is 23.4 Å². The van der Waals surface area contributed by atoms with Crippen LogP contribution in [-0.2, 0) is 12.8 Å². The van der Waals surface area contributed by atoms with Gasteiger partial charge in [0.25, 0.3) is 0 Å². The van der Waals surface area contributed by atoms with Crippen LogP contribution in [0.15, 0.2) is 22.7 Å². The number of benzene rings is 1. The number of nitrogens with one attached hydrogen (secondary N) is 1. The topological polar surface area (TPSA) is 37.8 Å². The lowest BCUT2D eigenvalue weighted by atomic mass is 10.2. The summed E-state index contributed by atoms with van der Waals surface area (Å²) in [5.41, 5.74) is 3.18. The second-order valence-corrected chi connectivity index (χ2v) is 5.69. The summed E-state index contributed by atoms with van der Waals surface area (Å²) in [5, 5.41) is 3.31. The van der Waals surface area contributed by atoms with Crippen LogP contribution >= 0.6 is 15.9 Å². The van der Waals surface area contributed by atoms with Gasteiger partial charge in [0.1, 0.15) is 11.6 Å². The molecule has 5 heteroatoms. The van der Waals surface area contributed by atoms with Crippen molar-refractivity contribution in [2.45, 2.75) is 26.2 Å². The number of aromatic nitrogens is 2. The van der Waals surface area contributed by atoms with E-state index in [2.05, 4.69) is 38.1 Å². The van der Waals surface area contributed by atoms with Gasteiger partial charge in [0.05, 0.1) is 4.47 Å². The Morgan fingerprint density at radius 1 is 1.30 bits per heavy atom. The maximum atomic E-state index is 13.3. The number of aryl methyl sites for hydroxylation is 1. The van der Waals surface area contributed by atoms with Crippen LogP contribution in [0.2, 0.25) is 0 Å². The van der Waals surface area contributed by atoms with E-state index in [1.165, 1.54) is 11.6 Å². The van der Waals surface area contributed by atoms with Crippen LogP contribution < -0.4 is 5.32 Å². The SMILES string of the molecule is CCNc1nc(-c2ccc(F)c(Br)c2)nc2c1CCC2. The molecule has 3 nitrogen and oxygen atoms in total. The molecule has 20 heavy (non-hydrogen) atoms. The molecule has 0 saturated heterocycles. The average molecular weight is 336 g/mol. The highest BCUT2D eigenvalue weighted by Gasteiger charge is 2.19. The largest absolute Gasteiger partial charge is 0.370 e. The normalized spacial score (nSPS) is 13.3. The summed E-state index contributed by atoms with van der Waals surface area (Å²) in [4.78, 5) is 9.25. The van der Waals surface area contributed by atoms with E-state index in [1.807, 2.05) is 0 Å². The highest BCUT2D eigenvalue weighted by molar-refractivity contribution is 9.10. The molecule has 2 aromatic rings. The Labute approximate surface area is 125 Å². The zero-order chi connectivity index (χ0) is 14.1. The summed E-state index contributed by atoms with van der Waals surface area (Å²) in [6.45, 7) is 2.88. The molecule has 1 aliphatic rings. The number of halogens is 2. The van der Waals surface area contributed by atoms with Crippen molar-refractivity contribution in [1.29, 1.82) is 0 Å². The third-order valence-electron chi connectivity index (χ3n) is 3.46. The van der Waals surface area contributed by atoms with Crippen molar-refractivity contribution in [1.82, 2.24) is 9.97 Å². The van der Waals surface area contributed by atoms with Crippen molar-refractivity contribution in [2.75, 3.05) is 11.9 Å². The predicted molar refractivity (Wildman–Crippen MR) is 81.3 cm³/mol. The van der Waals surface area contributed by atoms with E-state index in [0.717, 1.165) is 42.9 Å². The summed E-state index contributed by atoms with van der Waals surface area (Å²) in [7, 11) is 0. The first kappa shape index (κ1) is 13.5. The number of rotatable bonds is 3. The molecule has 0 radical (unpaired) electrons. The predicted octanol–water partition coefficient (Wildman–Crippen LogP) is 3.97. The molecule has 104 valence electrons. The van der Waals surface area contributed by atoms with Crippen molar-refractivity contribution in [3.63, 3.8) is 0 Å². The molecule has 1 aromatic carbocycles. The average Bonchev–Trinajstić information content (AvgIpc) is 2.90. The van der Waals surface area contributed by atoms with Gasteiger partial charge in [-0.3, -0.25) is 0 Å². The van der Waals surface area contributed by atoms with Crippen molar-refractivity contribution < 1.29 is 4.39 Å². The molecule has 0 saturated carbocycles. The van der Waals surface area contributed by atoms with E-state index in [0.29, 0.717) is 10.3 Å². The molecule has 0 spiro atoms. The van der Waals surface area contributed by atoms with Gasteiger partial charge in [-0.1, -0.05) is 0 Å². The van der Waals surface area contributed by atoms with E-state index in [-0.39, 0.29) is 5.82 Å². The molecule has 1 aliphatic carbocycles. The van der Waals surface area contributed by atoms with E-state index in [9.17, 15) is 4.39 Å². The van der Waals surface area contributed by atoms with Gasteiger partial charge >= 0.3 is 0 Å². The molecule has 0 unspecified atom stereocenters. The molecular formula is C15H15BrFN3. The van der Waals surface area contributed by atoms with Crippen LogP contribution in [0.5, 0.6) is 0 Å². The van der Waals surface area contributed by atoms with Crippen molar-refractivity contribution in [3.8, 4) is 11.4 Å². The third-order valence-corrected chi connectivity index (χ3v) is 4.06. The van der Waals surface area contributed by atoms with Crippen LogP contribution in [-0.4, -0.2) is 16.5 Å². The van der Waals surface area contributed by atoms with Gasteiger partial charge in [0.15, 0.2) is 5.82 Å². The summed E-state index contributed by atoms with van der Waals surface area (Å²) < 4.78 is 13.8. The van der Waals surface area contributed by atoms with Crippen LogP contribution in [0.3, 0.4) is 0 Å². The minimum absolute atomic E-state index is 0.276. The van der Waals surface area contributed by atoms with Crippen LogP contribution in [0.1, 0.15) is 24.6 Å². The number of hydrogen-bond donors (Lipinski definition) is 1. The van der Waals surface area contributed by atoms with E-state index in [1.54, 1.807) is 12.1 Å². The molecule has 0 bridgehead atoms. The fraction of sp³-hybridized carbons (Fsp3) is 0.333. The first-order valence-corrected chi connectivity index (χ1v) is 7.57. The first-order chi connectivity index (χ1) is 9.69. The fourth-order valence-electron chi connectivity index (χ4n) is 2.51. The van der Waals surface area contributed by atoms with Crippen molar-refractivity contribution in [2.24, 2.45) is 0 Å². The Hall–Kier alpha value is -1.49. The second-order valence-electron chi connectivity index (χ2n) is 4.83. The van der Waals surface area contributed by atoms with Gasteiger partial charge in [-0.25, -0.2) is 14.4 Å². The number of hydrogen-bond acceptors (Lipinski definition) is 3. The first-order valence-electron chi connectivity index (χ1n) is 6.78. The minimum Gasteiger partial charge on any atom is -0.370 e. The van der Waals surface area contributed by atoms with Crippen LogP contribution in [0.4, 0.5) is 10.2 Å². The quantitative estimate of drug-likeness (QED) is 0.922. The van der Waals surface area contributed by atoms with Crippen molar-refractivity contribution in [3.05, 3.63) is 39.7 Å². The fourth-order valence-corrected chi connectivity index (χ4v) is 2.89. The molecule has 0 amide bonds. The Morgan fingerprint density at radius 2 is 2.15 bits per heavy atom. The molecule has 3 rings (SSSR count). The highest BCUT2D eigenvalue weighted by atomic mass is 79.9. The lowest BCUT2D eigenvalue weighted by molar-refractivity contribution is 0.621. The van der Waals surface area contributed by atoms with E-state index >= 15 is 0 Å². The molecule has 0 fully saturated rings. The summed E-state index contributed by atoms with van der Waals surface area (Å²) >= 11 is 3.21. The number of fused-ring (bicyclic) bond motifs is 1. The van der Waals surface area contributed by atoms with Gasteiger partial charge in [-0.15, -0.1) is 0 Å². The zero-order valence-corrected chi connectivity index (χ0v) is 12.8. The highest BCUT2D eigenvalue weighted by Crippen LogP contribution is 2.30. The summed E-state index contributed by atoms with van der Waals surface area (Å²) in [6, 6.07) is 4.87. The van der Waals surface area contributed by atoms with E-state index < -0.39 is 0 Å². The zero-order valence-electron chi connectivity index (χ0n) is 11.2. The van der Waals surface area contributed by atoms with Crippen molar-refractivity contribution >= 4 is 21.7 Å². The van der Waals surface area contributed by atoms with Gasteiger partial charge in [-0.05, 0) is 60.3 Å². The molecule has 0 aliphatic heterocycles. The van der Waals surface area contributed by atoms with Crippen LogP contribution in [0.25, 0.3) is 11.4 Å². The van der Waals surface area contributed by atoms with Crippen LogP contribution in [0, 0.1) is 5.82 Å². The van der Waals surface area contributed by atoms with Gasteiger partial charge < -0.3 is 5.32 Å². The summed E-state index contributed by atoms with van der Waals surface area (Å²) in [6.07, 6.45) is 3.15. The standard InChI is InChI=1S/C15H15BrFN3/c1-2-18-15-10-4-3-5-13(10)19-14(20-15)9-6-7-12(17)11(16)8-9/h6-8H,2-5H2,1H3,(H,18,19,20). The number of nitrogens with zero attached hydrogens (tertiary/aromatic N) is 2. The molecule has 1 N–H and O–H groups in total. The monoisotopic (exact) mass is 335 g/mol. The second kappa shape index (κ2) is 5.48. The molecular weight excluding hydrogens is 321 g/mol. The minimum atomic E-state index is -0.276. The van der Waals surface area contributed by atoms with Gasteiger partial charge in [0.2, 0.25) is 0 Å². The lowest BCUT2D eigenvalue weighted by Gasteiger charge is -2.11. The number of anilines is 1. The third kappa shape index (κ3) is 2.42. The summed E-state index contributed by atoms with van der Waals surface area (Å²) in [5.74, 6) is 1.30. The smallest absolute Gasteiger partial charge is 0.161 e. The van der Waals surface area contributed by atoms with E-state index in [4.69, 9.17) is 0 Å². The Bertz CT molecular complexity index is 658.